The Bertz CT molecular complexity index is 500. The van der Waals surface area contributed by atoms with E-state index in [4.69, 9.17) is 5.73 Å². The first kappa shape index (κ1) is 12.1. The van der Waals surface area contributed by atoms with Gasteiger partial charge in [0.1, 0.15) is 0 Å². The van der Waals surface area contributed by atoms with Gasteiger partial charge in [0.05, 0.1) is 0 Å². The van der Waals surface area contributed by atoms with Gasteiger partial charge in [0.25, 0.3) is 0 Å². The van der Waals surface area contributed by atoms with E-state index >= 15 is 0 Å². The van der Waals surface area contributed by atoms with E-state index in [1.807, 2.05) is 24.3 Å². The molecule has 0 aliphatic rings. The summed E-state index contributed by atoms with van der Waals surface area (Å²) in [5.74, 6) is 0. The van der Waals surface area contributed by atoms with Crippen molar-refractivity contribution >= 4 is 21.6 Å². The van der Waals surface area contributed by atoms with Crippen LogP contribution >= 0.6 is 15.9 Å². The maximum Gasteiger partial charge on any atom is 0.0419 e. The first-order chi connectivity index (χ1) is 8.31. The summed E-state index contributed by atoms with van der Waals surface area (Å²) in [5, 5.41) is 3.37. The van der Waals surface area contributed by atoms with Crippen LogP contribution in [0, 0.1) is 0 Å². The second-order valence-electron chi connectivity index (χ2n) is 3.68. The molecule has 0 radical (unpaired) electrons. The number of nitrogens with two attached hydrogens (primary N) is 1. The molecule has 4 heteroatoms. The first-order valence-electron chi connectivity index (χ1n) is 5.41. The first-order valence-corrected chi connectivity index (χ1v) is 6.21. The van der Waals surface area contributed by atoms with E-state index in [1.165, 1.54) is 5.56 Å². The third-order valence-electron chi connectivity index (χ3n) is 2.55. The van der Waals surface area contributed by atoms with Crippen LogP contribution in [0.5, 0.6) is 0 Å². The summed E-state index contributed by atoms with van der Waals surface area (Å²) in [6, 6.07) is 10.1. The van der Waals surface area contributed by atoms with Crippen LogP contribution in [0.15, 0.2) is 47.2 Å². The largest absolute Gasteiger partial charge is 0.381 e. The lowest BCUT2D eigenvalue weighted by molar-refractivity contribution is 1.03. The molecule has 1 heterocycles. The molecule has 2 aromatic rings. The molecule has 0 aliphatic heterocycles. The van der Waals surface area contributed by atoms with Crippen LogP contribution in [0.1, 0.15) is 11.1 Å². The SMILES string of the molecule is NCc1cnccc1NCc1ccccc1Br. The molecule has 0 amide bonds. The molecular weight excluding hydrogens is 278 g/mol. The number of halogens is 1. The van der Waals surface area contributed by atoms with E-state index in [0.717, 1.165) is 22.3 Å². The summed E-state index contributed by atoms with van der Waals surface area (Å²) < 4.78 is 1.11. The lowest BCUT2D eigenvalue weighted by atomic mass is 10.2. The number of nitrogens with zero attached hydrogens (tertiary/aromatic N) is 1. The van der Waals surface area contributed by atoms with Crippen LogP contribution in [0.4, 0.5) is 5.69 Å². The number of rotatable bonds is 4. The Hall–Kier alpha value is -1.39. The third kappa shape index (κ3) is 3.05. The summed E-state index contributed by atoms with van der Waals surface area (Å²) >= 11 is 3.53. The summed E-state index contributed by atoms with van der Waals surface area (Å²) in [4.78, 5) is 4.06. The van der Waals surface area contributed by atoms with Crippen molar-refractivity contribution in [2.75, 3.05) is 5.32 Å². The highest BCUT2D eigenvalue weighted by Gasteiger charge is 2.02. The standard InChI is InChI=1S/C13H14BrN3/c14-12-4-2-1-3-10(12)9-17-13-5-6-16-8-11(13)7-15/h1-6,8H,7,9,15H2,(H,16,17). The molecule has 0 aliphatic carbocycles. The summed E-state index contributed by atoms with van der Waals surface area (Å²) in [7, 11) is 0. The number of hydrogen-bond donors (Lipinski definition) is 2. The van der Waals surface area contributed by atoms with Crippen LogP contribution in [0.2, 0.25) is 0 Å². The van der Waals surface area contributed by atoms with E-state index in [0.29, 0.717) is 6.54 Å². The topological polar surface area (TPSA) is 50.9 Å². The average molecular weight is 292 g/mol. The van der Waals surface area contributed by atoms with Crippen LogP contribution in [-0.2, 0) is 13.1 Å². The van der Waals surface area contributed by atoms with Crippen molar-refractivity contribution < 1.29 is 0 Å². The minimum absolute atomic E-state index is 0.492. The number of pyridine rings is 1. The molecule has 0 fully saturated rings. The Kier molecular flexibility index (Phi) is 4.12. The molecule has 0 bridgehead atoms. The van der Waals surface area contributed by atoms with Crippen molar-refractivity contribution in [3.63, 3.8) is 0 Å². The van der Waals surface area contributed by atoms with E-state index in [1.54, 1.807) is 12.4 Å². The summed E-state index contributed by atoms with van der Waals surface area (Å²) in [6.45, 7) is 1.25. The molecule has 0 unspecified atom stereocenters. The normalized spacial score (nSPS) is 10.2. The highest BCUT2D eigenvalue weighted by molar-refractivity contribution is 9.10. The molecule has 0 saturated carbocycles. The minimum atomic E-state index is 0.492. The Morgan fingerprint density at radius 3 is 2.76 bits per heavy atom. The smallest absolute Gasteiger partial charge is 0.0419 e. The van der Waals surface area contributed by atoms with Gasteiger partial charge in [0.15, 0.2) is 0 Å². The highest BCUT2D eigenvalue weighted by atomic mass is 79.9. The zero-order chi connectivity index (χ0) is 12.1. The maximum atomic E-state index is 5.66. The van der Waals surface area contributed by atoms with Gasteiger partial charge < -0.3 is 11.1 Å². The van der Waals surface area contributed by atoms with E-state index in [-0.39, 0.29) is 0 Å². The van der Waals surface area contributed by atoms with Crippen LogP contribution in [-0.4, -0.2) is 4.98 Å². The predicted molar refractivity (Wildman–Crippen MR) is 73.6 cm³/mol. The average Bonchev–Trinajstić information content (AvgIpc) is 2.38. The maximum absolute atomic E-state index is 5.66. The summed E-state index contributed by atoms with van der Waals surface area (Å²) in [5.41, 5.74) is 8.94. The fourth-order valence-corrected chi connectivity index (χ4v) is 2.02. The number of aromatic nitrogens is 1. The Morgan fingerprint density at radius 1 is 1.18 bits per heavy atom. The lowest BCUT2D eigenvalue weighted by Crippen LogP contribution is -2.06. The molecule has 3 N–H and O–H groups in total. The fraction of sp³-hybridized carbons (Fsp3) is 0.154. The quantitative estimate of drug-likeness (QED) is 0.911. The fourth-order valence-electron chi connectivity index (χ4n) is 1.59. The Balaban J connectivity index is 2.10. The van der Waals surface area contributed by atoms with Crippen molar-refractivity contribution in [2.24, 2.45) is 5.73 Å². The molecule has 17 heavy (non-hydrogen) atoms. The predicted octanol–water partition coefficient (Wildman–Crippen LogP) is 2.91. The van der Waals surface area contributed by atoms with Crippen molar-refractivity contribution in [1.82, 2.24) is 4.98 Å². The molecular formula is C13H14BrN3. The molecule has 1 aromatic heterocycles. The van der Waals surface area contributed by atoms with Crippen LogP contribution < -0.4 is 11.1 Å². The van der Waals surface area contributed by atoms with Gasteiger partial charge in [-0.2, -0.15) is 0 Å². The minimum Gasteiger partial charge on any atom is -0.381 e. The van der Waals surface area contributed by atoms with Gasteiger partial charge in [0.2, 0.25) is 0 Å². The van der Waals surface area contributed by atoms with Crippen LogP contribution in [0.25, 0.3) is 0 Å². The van der Waals surface area contributed by atoms with Gasteiger partial charge in [-0.3, -0.25) is 4.98 Å². The number of nitrogens with one attached hydrogen (secondary N) is 1. The molecule has 0 saturated heterocycles. The summed E-state index contributed by atoms with van der Waals surface area (Å²) in [6.07, 6.45) is 3.56. The monoisotopic (exact) mass is 291 g/mol. The molecule has 0 spiro atoms. The molecule has 0 atom stereocenters. The highest BCUT2D eigenvalue weighted by Crippen LogP contribution is 2.19. The number of benzene rings is 1. The van der Waals surface area contributed by atoms with Crippen molar-refractivity contribution in [3.8, 4) is 0 Å². The van der Waals surface area contributed by atoms with Gasteiger partial charge >= 0.3 is 0 Å². The third-order valence-corrected chi connectivity index (χ3v) is 3.32. The van der Waals surface area contributed by atoms with Gasteiger partial charge in [-0.15, -0.1) is 0 Å². The Labute approximate surface area is 109 Å². The van der Waals surface area contributed by atoms with Gasteiger partial charge in [-0.25, -0.2) is 0 Å². The van der Waals surface area contributed by atoms with Crippen LogP contribution in [0.3, 0.4) is 0 Å². The van der Waals surface area contributed by atoms with E-state index < -0.39 is 0 Å². The van der Waals surface area contributed by atoms with Crippen molar-refractivity contribution in [2.45, 2.75) is 13.1 Å². The number of anilines is 1. The van der Waals surface area contributed by atoms with E-state index in [9.17, 15) is 0 Å². The van der Waals surface area contributed by atoms with E-state index in [2.05, 4.69) is 32.3 Å². The van der Waals surface area contributed by atoms with Gasteiger partial charge in [-0.05, 0) is 17.7 Å². The lowest BCUT2D eigenvalue weighted by Gasteiger charge is -2.11. The molecule has 88 valence electrons. The second-order valence-corrected chi connectivity index (χ2v) is 4.54. The van der Waals surface area contributed by atoms with Crippen molar-refractivity contribution in [1.29, 1.82) is 0 Å². The molecule has 1 aromatic carbocycles. The second kappa shape index (κ2) is 5.80. The van der Waals surface area contributed by atoms with Crippen molar-refractivity contribution in [3.05, 3.63) is 58.3 Å². The molecule has 2 rings (SSSR count). The van der Waals surface area contributed by atoms with Gasteiger partial charge in [0, 0.05) is 41.2 Å². The van der Waals surface area contributed by atoms with Gasteiger partial charge in [-0.1, -0.05) is 34.1 Å². The molecule has 3 nitrogen and oxygen atoms in total. The number of hydrogen-bond acceptors (Lipinski definition) is 3. The zero-order valence-electron chi connectivity index (χ0n) is 9.36. The zero-order valence-corrected chi connectivity index (χ0v) is 10.9. The Morgan fingerprint density at radius 2 is 2.00 bits per heavy atom.